The Labute approximate surface area is 134 Å². The van der Waals surface area contributed by atoms with Crippen molar-refractivity contribution in [3.63, 3.8) is 0 Å². The minimum absolute atomic E-state index is 0.148. The SMILES string of the molecule is COc1c2ccc(C(=O)Nc3cccc(C)c3C)cc2nn1C. The molecule has 0 aliphatic rings. The molecule has 0 aliphatic carbocycles. The number of hydrogen-bond acceptors (Lipinski definition) is 3. The predicted molar refractivity (Wildman–Crippen MR) is 91.1 cm³/mol. The molecule has 1 amide bonds. The van der Waals surface area contributed by atoms with Gasteiger partial charge in [0.1, 0.15) is 0 Å². The summed E-state index contributed by atoms with van der Waals surface area (Å²) in [5.74, 6) is 0.534. The molecule has 0 radical (unpaired) electrons. The number of nitrogens with zero attached hydrogens (tertiary/aromatic N) is 2. The molecule has 3 aromatic rings. The van der Waals surface area contributed by atoms with E-state index in [0.29, 0.717) is 11.4 Å². The van der Waals surface area contributed by atoms with Crippen molar-refractivity contribution in [3.8, 4) is 5.88 Å². The van der Waals surface area contributed by atoms with Gasteiger partial charge in [-0.2, -0.15) is 5.10 Å². The van der Waals surface area contributed by atoms with Gasteiger partial charge in [-0.1, -0.05) is 12.1 Å². The summed E-state index contributed by atoms with van der Waals surface area (Å²) in [6.07, 6.45) is 0. The van der Waals surface area contributed by atoms with E-state index in [4.69, 9.17) is 4.74 Å². The Morgan fingerprint density at radius 3 is 2.74 bits per heavy atom. The van der Waals surface area contributed by atoms with Gasteiger partial charge in [0, 0.05) is 18.3 Å². The minimum Gasteiger partial charge on any atom is -0.481 e. The van der Waals surface area contributed by atoms with E-state index in [-0.39, 0.29) is 5.91 Å². The number of aromatic nitrogens is 2. The third-order valence-electron chi connectivity index (χ3n) is 4.09. The van der Waals surface area contributed by atoms with Crippen molar-refractivity contribution in [2.75, 3.05) is 12.4 Å². The number of aryl methyl sites for hydroxylation is 2. The van der Waals surface area contributed by atoms with Crippen LogP contribution in [0, 0.1) is 13.8 Å². The zero-order chi connectivity index (χ0) is 16.6. The lowest BCUT2D eigenvalue weighted by molar-refractivity contribution is 0.102. The first kappa shape index (κ1) is 15.1. The Morgan fingerprint density at radius 2 is 2.00 bits per heavy atom. The molecule has 5 heteroatoms. The molecule has 0 saturated carbocycles. The summed E-state index contributed by atoms with van der Waals surface area (Å²) in [6.45, 7) is 4.02. The third-order valence-corrected chi connectivity index (χ3v) is 4.09. The normalized spacial score (nSPS) is 10.8. The lowest BCUT2D eigenvalue weighted by atomic mass is 10.1. The van der Waals surface area contributed by atoms with E-state index in [9.17, 15) is 4.79 Å². The summed E-state index contributed by atoms with van der Waals surface area (Å²) >= 11 is 0. The molecule has 0 unspecified atom stereocenters. The molecule has 0 aliphatic heterocycles. The number of carbonyl (C=O) groups is 1. The molecule has 1 aromatic heterocycles. The molecular formula is C18H19N3O2. The van der Waals surface area contributed by atoms with Crippen LogP contribution in [0.25, 0.3) is 10.9 Å². The molecule has 0 bridgehead atoms. The second kappa shape index (κ2) is 5.76. The predicted octanol–water partition coefficient (Wildman–Crippen LogP) is 3.45. The Kier molecular flexibility index (Phi) is 3.78. The van der Waals surface area contributed by atoms with E-state index in [1.807, 2.05) is 45.2 Å². The molecule has 3 rings (SSSR count). The molecule has 2 aromatic carbocycles. The second-order valence-corrected chi connectivity index (χ2v) is 5.57. The Balaban J connectivity index is 1.93. The summed E-state index contributed by atoms with van der Waals surface area (Å²) in [5, 5.41) is 8.23. The molecular weight excluding hydrogens is 290 g/mol. The monoisotopic (exact) mass is 309 g/mol. The van der Waals surface area contributed by atoms with Crippen LogP contribution in [-0.4, -0.2) is 22.8 Å². The van der Waals surface area contributed by atoms with Gasteiger partial charge >= 0.3 is 0 Å². The number of nitrogens with one attached hydrogen (secondary N) is 1. The summed E-state index contributed by atoms with van der Waals surface area (Å²) in [6, 6.07) is 11.3. The van der Waals surface area contributed by atoms with Crippen LogP contribution in [0.1, 0.15) is 21.5 Å². The fourth-order valence-corrected chi connectivity index (χ4v) is 2.64. The summed E-state index contributed by atoms with van der Waals surface area (Å²) in [7, 11) is 3.42. The second-order valence-electron chi connectivity index (χ2n) is 5.57. The fraction of sp³-hybridized carbons (Fsp3) is 0.222. The maximum atomic E-state index is 12.5. The van der Waals surface area contributed by atoms with Gasteiger partial charge < -0.3 is 10.1 Å². The minimum atomic E-state index is -0.148. The molecule has 5 nitrogen and oxygen atoms in total. The highest BCUT2D eigenvalue weighted by atomic mass is 16.5. The lowest BCUT2D eigenvalue weighted by Crippen LogP contribution is -2.13. The zero-order valence-corrected chi connectivity index (χ0v) is 13.7. The van der Waals surface area contributed by atoms with E-state index in [1.165, 1.54) is 0 Å². The number of anilines is 1. The summed E-state index contributed by atoms with van der Waals surface area (Å²) < 4.78 is 6.99. The van der Waals surface area contributed by atoms with Gasteiger partial charge in [0.25, 0.3) is 5.91 Å². The van der Waals surface area contributed by atoms with Gasteiger partial charge in [-0.25, -0.2) is 4.68 Å². The van der Waals surface area contributed by atoms with Gasteiger partial charge in [0.2, 0.25) is 5.88 Å². The molecule has 0 saturated heterocycles. The van der Waals surface area contributed by atoms with Gasteiger partial charge in [0.05, 0.1) is 18.0 Å². The number of benzene rings is 2. The van der Waals surface area contributed by atoms with Crippen LogP contribution in [0.3, 0.4) is 0 Å². The molecule has 0 fully saturated rings. The quantitative estimate of drug-likeness (QED) is 0.806. The van der Waals surface area contributed by atoms with Crippen molar-refractivity contribution in [2.45, 2.75) is 13.8 Å². The van der Waals surface area contributed by atoms with E-state index in [0.717, 1.165) is 27.7 Å². The number of methoxy groups -OCH3 is 1. The molecule has 1 heterocycles. The number of rotatable bonds is 3. The molecule has 23 heavy (non-hydrogen) atoms. The topological polar surface area (TPSA) is 56.1 Å². The highest BCUT2D eigenvalue weighted by molar-refractivity contribution is 6.06. The average molecular weight is 309 g/mol. The van der Waals surface area contributed by atoms with E-state index >= 15 is 0 Å². The number of hydrogen-bond donors (Lipinski definition) is 1. The van der Waals surface area contributed by atoms with E-state index in [1.54, 1.807) is 23.9 Å². The van der Waals surface area contributed by atoms with Crippen molar-refractivity contribution >= 4 is 22.5 Å². The number of amides is 1. The van der Waals surface area contributed by atoms with Gasteiger partial charge in [-0.05, 0) is 49.2 Å². The Hall–Kier alpha value is -2.82. The van der Waals surface area contributed by atoms with Crippen LogP contribution >= 0.6 is 0 Å². The summed E-state index contributed by atoms with van der Waals surface area (Å²) in [4.78, 5) is 12.5. The maximum Gasteiger partial charge on any atom is 0.255 e. The first-order valence-corrected chi connectivity index (χ1v) is 7.39. The Morgan fingerprint density at radius 1 is 1.22 bits per heavy atom. The van der Waals surface area contributed by atoms with Crippen molar-refractivity contribution in [1.29, 1.82) is 0 Å². The van der Waals surface area contributed by atoms with Gasteiger partial charge in [-0.3, -0.25) is 4.79 Å². The highest BCUT2D eigenvalue weighted by Gasteiger charge is 2.13. The highest BCUT2D eigenvalue weighted by Crippen LogP contribution is 2.26. The number of carbonyl (C=O) groups excluding carboxylic acids is 1. The first-order chi connectivity index (χ1) is 11.0. The van der Waals surface area contributed by atoms with Crippen molar-refractivity contribution in [2.24, 2.45) is 7.05 Å². The lowest BCUT2D eigenvalue weighted by Gasteiger charge is -2.10. The molecule has 1 N–H and O–H groups in total. The van der Waals surface area contributed by atoms with Crippen molar-refractivity contribution in [1.82, 2.24) is 9.78 Å². The molecule has 0 spiro atoms. The molecule has 0 atom stereocenters. The van der Waals surface area contributed by atoms with Gasteiger partial charge in [-0.15, -0.1) is 0 Å². The van der Waals surface area contributed by atoms with Crippen LogP contribution in [-0.2, 0) is 7.05 Å². The first-order valence-electron chi connectivity index (χ1n) is 7.39. The maximum absolute atomic E-state index is 12.5. The largest absolute Gasteiger partial charge is 0.481 e. The fourth-order valence-electron chi connectivity index (χ4n) is 2.64. The van der Waals surface area contributed by atoms with Crippen molar-refractivity contribution in [3.05, 3.63) is 53.1 Å². The van der Waals surface area contributed by atoms with Crippen molar-refractivity contribution < 1.29 is 9.53 Å². The average Bonchev–Trinajstić information content (AvgIpc) is 2.85. The standard InChI is InChI=1S/C18H19N3O2/c1-11-6-5-7-15(12(11)2)19-17(22)13-8-9-14-16(10-13)20-21(3)18(14)23-4/h5-10H,1-4H3,(H,19,22). The summed E-state index contributed by atoms with van der Waals surface area (Å²) in [5.41, 5.74) is 4.35. The molecule has 118 valence electrons. The zero-order valence-electron chi connectivity index (χ0n) is 13.7. The van der Waals surface area contributed by atoms with Crippen LogP contribution in [0.15, 0.2) is 36.4 Å². The van der Waals surface area contributed by atoms with Crippen LogP contribution in [0.2, 0.25) is 0 Å². The van der Waals surface area contributed by atoms with Crippen LogP contribution in [0.4, 0.5) is 5.69 Å². The van der Waals surface area contributed by atoms with Crippen LogP contribution < -0.4 is 10.1 Å². The third kappa shape index (κ3) is 2.65. The van der Waals surface area contributed by atoms with E-state index < -0.39 is 0 Å². The van der Waals surface area contributed by atoms with E-state index in [2.05, 4.69) is 10.4 Å². The van der Waals surface area contributed by atoms with Crippen LogP contribution in [0.5, 0.6) is 5.88 Å². The van der Waals surface area contributed by atoms with Gasteiger partial charge in [0.15, 0.2) is 0 Å². The Bertz CT molecular complexity index is 897. The number of fused-ring (bicyclic) bond motifs is 1. The smallest absolute Gasteiger partial charge is 0.255 e. The number of ether oxygens (including phenoxy) is 1.